The molecule has 1 aromatic rings. The highest BCUT2D eigenvalue weighted by molar-refractivity contribution is 8.24. The van der Waals surface area contributed by atoms with E-state index in [1.54, 1.807) is 12.1 Å². The van der Waals surface area contributed by atoms with E-state index in [9.17, 15) is 24.1 Å². The van der Waals surface area contributed by atoms with Gasteiger partial charge in [-0.25, -0.2) is 0 Å². The van der Waals surface area contributed by atoms with Crippen LogP contribution in [0.25, 0.3) is 0 Å². The quantitative estimate of drug-likeness (QED) is 0.438. The molecular weight excluding hydrogens is 346 g/mol. The molecule has 2 heterocycles. The van der Waals surface area contributed by atoms with E-state index in [1.165, 1.54) is 4.31 Å². The van der Waals surface area contributed by atoms with E-state index in [1.807, 2.05) is 6.07 Å². The second-order valence-electron chi connectivity index (χ2n) is 6.63. The number of anilines is 1. The van der Waals surface area contributed by atoms with E-state index < -0.39 is 17.2 Å². The zero-order valence-corrected chi connectivity index (χ0v) is 14.7. The Morgan fingerprint density at radius 2 is 2.04 bits per heavy atom. The van der Waals surface area contributed by atoms with Gasteiger partial charge in [0, 0.05) is 6.04 Å². The monoisotopic (exact) mass is 371 g/mol. The third-order valence-electron chi connectivity index (χ3n) is 4.66. The second-order valence-corrected chi connectivity index (χ2v) is 8.35. The van der Waals surface area contributed by atoms with Crippen molar-refractivity contribution < 1.29 is 24.1 Å². The van der Waals surface area contributed by atoms with Crippen LogP contribution < -0.4 is 14.3 Å². The van der Waals surface area contributed by atoms with Gasteiger partial charge in [-0.15, -0.1) is 0 Å². The maximum Gasteiger partial charge on any atom is 0.142 e. The molecule has 25 heavy (non-hydrogen) atoms. The first kappa shape index (κ1) is 18.4. The third-order valence-corrected chi connectivity index (χ3v) is 6.21. The molecule has 140 valence electrons. The molecule has 0 saturated carbocycles. The van der Waals surface area contributed by atoms with Gasteiger partial charge in [0.2, 0.25) is 0 Å². The van der Waals surface area contributed by atoms with Crippen molar-refractivity contribution in [3.63, 3.8) is 0 Å². The summed E-state index contributed by atoms with van der Waals surface area (Å²) in [4.78, 5) is 11.1. The minimum absolute atomic E-state index is 0.0273. The van der Waals surface area contributed by atoms with Gasteiger partial charge in [0.25, 0.3) is 0 Å². The second kappa shape index (κ2) is 7.48. The van der Waals surface area contributed by atoms with Crippen LogP contribution in [0.15, 0.2) is 18.2 Å². The zero-order chi connectivity index (χ0) is 18.0. The van der Waals surface area contributed by atoms with Crippen molar-refractivity contribution in [1.29, 1.82) is 0 Å². The van der Waals surface area contributed by atoms with Gasteiger partial charge in [-0.3, -0.25) is 13.4 Å². The van der Waals surface area contributed by atoms with Gasteiger partial charge in [-0.1, -0.05) is 29.9 Å². The summed E-state index contributed by atoms with van der Waals surface area (Å²) in [6.45, 7) is -0.0273. The van der Waals surface area contributed by atoms with Crippen LogP contribution in [-0.2, 0) is 11.2 Å². The third kappa shape index (κ3) is 4.25. The number of phenols is 1. The largest absolute Gasteiger partial charge is 0.506 e. The Bertz CT molecular complexity index is 630. The predicted octanol–water partition coefficient (Wildman–Crippen LogP) is 1.34. The fourth-order valence-electron chi connectivity index (χ4n) is 3.46. The number of benzene rings is 1. The molecule has 2 aliphatic rings. The molecule has 8 nitrogen and oxygen atoms in total. The highest BCUT2D eigenvalue weighted by Gasteiger charge is 2.36. The van der Waals surface area contributed by atoms with Gasteiger partial charge in [0.1, 0.15) is 24.0 Å². The van der Waals surface area contributed by atoms with Crippen LogP contribution >= 0.6 is 11.0 Å². The van der Waals surface area contributed by atoms with Crippen LogP contribution in [0.1, 0.15) is 31.2 Å². The molecule has 0 bridgehead atoms. The average molecular weight is 371 g/mol. The summed E-state index contributed by atoms with van der Waals surface area (Å²) < 4.78 is 23.4. The molecule has 0 aromatic heterocycles. The molecule has 2 saturated heterocycles. The number of carbonyl (C=O) groups excluding carboxylic acids is 1. The summed E-state index contributed by atoms with van der Waals surface area (Å²) in [5.74, 6) is -0.0751. The number of rotatable bonds is 4. The van der Waals surface area contributed by atoms with E-state index in [-0.39, 0.29) is 30.1 Å². The van der Waals surface area contributed by atoms with Crippen LogP contribution in [0.5, 0.6) is 5.75 Å². The lowest BCUT2D eigenvalue weighted by Crippen LogP contribution is -2.38. The van der Waals surface area contributed by atoms with Crippen LogP contribution in [0.3, 0.4) is 0 Å². The Morgan fingerprint density at radius 1 is 1.28 bits per heavy atom. The fraction of sp³-hybridized carbons (Fsp3) is 0.562. The Balaban J connectivity index is 1.72. The van der Waals surface area contributed by atoms with Crippen molar-refractivity contribution >= 4 is 22.9 Å². The fourth-order valence-corrected chi connectivity index (χ4v) is 4.81. The van der Waals surface area contributed by atoms with Crippen molar-refractivity contribution in [2.45, 2.75) is 50.4 Å². The first-order chi connectivity index (χ1) is 11.9. The number of aromatic hydroxyl groups is 1. The molecule has 2 fully saturated rings. The van der Waals surface area contributed by atoms with Gasteiger partial charge >= 0.3 is 0 Å². The highest BCUT2D eigenvalue weighted by atomic mass is 32.3. The van der Waals surface area contributed by atoms with Gasteiger partial charge in [0.05, 0.1) is 12.6 Å². The summed E-state index contributed by atoms with van der Waals surface area (Å²) >= 11 is 0. The van der Waals surface area contributed by atoms with E-state index in [2.05, 4.69) is 10.0 Å². The van der Waals surface area contributed by atoms with Crippen molar-refractivity contribution in [2.24, 2.45) is 0 Å². The zero-order valence-electron chi connectivity index (χ0n) is 13.8. The summed E-state index contributed by atoms with van der Waals surface area (Å²) in [5.41, 5.74) is 1.15. The van der Waals surface area contributed by atoms with Gasteiger partial charge < -0.3 is 20.3 Å². The Kier molecular flexibility index (Phi) is 5.52. The standard InChI is InChI=1S/C16H25N3O5S/c20-10-13-4-2-1-3-12(17-13)7-11-5-6-14(15(21)8-11)19-9-16(22)18-25(19,23)24/h5-6,8,10,12-13,16-18,21-24H,1-4,7,9H2. The number of carbonyl (C=O) groups is 1. The molecule has 1 aromatic carbocycles. The lowest BCUT2D eigenvalue weighted by molar-refractivity contribution is -0.109. The van der Waals surface area contributed by atoms with Gasteiger partial charge in [-0.2, -0.15) is 4.72 Å². The Morgan fingerprint density at radius 3 is 2.68 bits per heavy atom. The van der Waals surface area contributed by atoms with Crippen molar-refractivity contribution in [2.75, 3.05) is 10.8 Å². The summed E-state index contributed by atoms with van der Waals surface area (Å²) in [6.07, 6.45) is 4.47. The van der Waals surface area contributed by atoms with Crippen molar-refractivity contribution in [3.05, 3.63) is 23.8 Å². The SMILES string of the molecule is O=CC1CCCCC(Cc2ccc(N3CC(O)NS3(O)O)c(O)c2)N1. The predicted molar refractivity (Wildman–Crippen MR) is 96.4 cm³/mol. The number of hydrogen-bond donors (Lipinski definition) is 6. The molecule has 0 amide bonds. The normalized spacial score (nSPS) is 30.7. The number of phenolic OH excluding ortho intramolecular Hbond substituents is 1. The van der Waals surface area contributed by atoms with E-state index in [0.717, 1.165) is 37.5 Å². The number of β-amino-alcohol motifs (C(OH)–C–C–N with tert-alkyl or cyclic N) is 1. The number of nitrogens with zero attached hydrogens (tertiary/aromatic N) is 1. The summed E-state index contributed by atoms with van der Waals surface area (Å²) in [5, 5.41) is 23.2. The number of nitrogens with one attached hydrogen (secondary N) is 2. The van der Waals surface area contributed by atoms with E-state index in [0.29, 0.717) is 6.42 Å². The number of aldehydes is 1. The maximum atomic E-state index is 11.1. The average Bonchev–Trinajstić information content (AvgIpc) is 2.72. The molecule has 2 aliphatic heterocycles. The minimum Gasteiger partial charge on any atom is -0.506 e. The molecular formula is C16H25N3O5S. The summed E-state index contributed by atoms with van der Waals surface area (Å²) in [7, 11) is -3.35. The molecule has 3 atom stereocenters. The van der Waals surface area contributed by atoms with Crippen LogP contribution in [0.2, 0.25) is 0 Å². The first-order valence-corrected chi connectivity index (χ1v) is 9.94. The van der Waals surface area contributed by atoms with E-state index in [4.69, 9.17) is 0 Å². The Hall–Kier alpha value is -1.36. The number of aliphatic hydroxyl groups excluding tert-OH is 1. The topological polar surface area (TPSA) is 125 Å². The van der Waals surface area contributed by atoms with Crippen molar-refractivity contribution in [3.8, 4) is 5.75 Å². The maximum absolute atomic E-state index is 11.1. The highest BCUT2D eigenvalue weighted by Crippen LogP contribution is 2.49. The molecule has 3 rings (SSSR count). The summed E-state index contributed by atoms with van der Waals surface area (Å²) in [6, 6.07) is 5.08. The van der Waals surface area contributed by atoms with Gasteiger partial charge in [0.15, 0.2) is 0 Å². The Labute approximate surface area is 148 Å². The van der Waals surface area contributed by atoms with Crippen LogP contribution in [0.4, 0.5) is 5.69 Å². The van der Waals surface area contributed by atoms with Crippen molar-refractivity contribution in [1.82, 2.24) is 10.0 Å². The number of hydrogen-bond acceptors (Lipinski definition) is 8. The lowest BCUT2D eigenvalue weighted by atomic mass is 10.0. The molecule has 0 spiro atoms. The van der Waals surface area contributed by atoms with E-state index >= 15 is 0 Å². The molecule has 9 heteroatoms. The molecule has 6 N–H and O–H groups in total. The smallest absolute Gasteiger partial charge is 0.142 e. The van der Waals surface area contributed by atoms with Crippen LogP contribution in [0, 0.1) is 0 Å². The first-order valence-electron chi connectivity index (χ1n) is 8.43. The van der Waals surface area contributed by atoms with Crippen LogP contribution in [-0.4, -0.2) is 50.5 Å². The minimum atomic E-state index is -3.35. The van der Waals surface area contributed by atoms with Gasteiger partial charge in [-0.05, 0) is 37.0 Å². The molecule has 0 radical (unpaired) electrons. The lowest BCUT2D eigenvalue weighted by Gasteiger charge is -2.36. The molecule has 0 aliphatic carbocycles. The number of aliphatic hydroxyl groups is 1. The molecule has 3 unspecified atom stereocenters.